The number of hydrogen-bond donors (Lipinski definition) is 3. The van der Waals surface area contributed by atoms with Crippen LogP contribution < -0.4 is 20.1 Å². The Hall–Kier alpha value is -4.18. The molecule has 0 fully saturated rings. The van der Waals surface area contributed by atoms with Crippen LogP contribution in [0.2, 0.25) is 0 Å². The summed E-state index contributed by atoms with van der Waals surface area (Å²) >= 11 is 0. The van der Waals surface area contributed by atoms with Gasteiger partial charge in [-0.1, -0.05) is 6.07 Å². The summed E-state index contributed by atoms with van der Waals surface area (Å²) in [4.78, 5) is 13.2. The zero-order chi connectivity index (χ0) is 24.1. The number of ether oxygens (including phenoxy) is 1. The van der Waals surface area contributed by atoms with E-state index in [0.717, 1.165) is 11.3 Å². The Morgan fingerprint density at radius 2 is 1.50 bits per heavy atom. The van der Waals surface area contributed by atoms with Crippen molar-refractivity contribution < 1.29 is 13.2 Å². The van der Waals surface area contributed by atoms with Crippen molar-refractivity contribution in [3.63, 3.8) is 0 Å². The summed E-state index contributed by atoms with van der Waals surface area (Å²) in [6.07, 6.45) is 1.70. The molecule has 0 aliphatic carbocycles. The summed E-state index contributed by atoms with van der Waals surface area (Å²) in [6.45, 7) is 3.60. The lowest BCUT2D eigenvalue weighted by Gasteiger charge is -2.12. The average molecular weight is 477 g/mol. The molecular formula is C24H24N6O3S. The number of sulfonamides is 1. The molecule has 0 bridgehead atoms. The summed E-state index contributed by atoms with van der Waals surface area (Å²) in [5.74, 6) is 3.09. The van der Waals surface area contributed by atoms with E-state index < -0.39 is 10.0 Å². The fourth-order valence-corrected chi connectivity index (χ4v) is 4.41. The maximum Gasteiger partial charge on any atom is 0.261 e. The van der Waals surface area contributed by atoms with E-state index in [-0.39, 0.29) is 4.90 Å². The van der Waals surface area contributed by atoms with Crippen LogP contribution >= 0.6 is 0 Å². The topological polar surface area (TPSA) is 118 Å². The fourth-order valence-electron chi connectivity index (χ4n) is 3.27. The first-order valence-corrected chi connectivity index (χ1v) is 11.9. The third kappa shape index (κ3) is 5.59. The van der Waals surface area contributed by atoms with E-state index in [4.69, 9.17) is 4.74 Å². The Morgan fingerprint density at radius 3 is 2.15 bits per heavy atom. The molecule has 10 heteroatoms. The van der Waals surface area contributed by atoms with Gasteiger partial charge in [-0.25, -0.2) is 23.4 Å². The first-order valence-electron chi connectivity index (χ1n) is 10.4. The molecule has 4 rings (SSSR count). The summed E-state index contributed by atoms with van der Waals surface area (Å²) < 4.78 is 33.3. The zero-order valence-electron chi connectivity index (χ0n) is 18.9. The highest BCUT2D eigenvalue weighted by molar-refractivity contribution is 7.92. The molecule has 0 aliphatic heterocycles. The third-order valence-corrected chi connectivity index (χ3v) is 6.22. The first kappa shape index (κ1) is 23.0. The third-order valence-electron chi connectivity index (χ3n) is 4.85. The van der Waals surface area contributed by atoms with E-state index in [2.05, 4.69) is 30.3 Å². The van der Waals surface area contributed by atoms with Gasteiger partial charge in [0, 0.05) is 23.6 Å². The molecule has 0 saturated carbocycles. The predicted octanol–water partition coefficient (Wildman–Crippen LogP) is 4.79. The normalized spacial score (nSPS) is 11.0. The lowest BCUT2D eigenvalue weighted by atomic mass is 10.2. The molecule has 174 valence electrons. The fraction of sp³-hybridized carbons (Fsp3) is 0.125. The lowest BCUT2D eigenvalue weighted by molar-refractivity contribution is 0.411. The number of aromatic nitrogens is 3. The minimum Gasteiger partial charge on any atom is -0.496 e. The van der Waals surface area contributed by atoms with E-state index in [1.54, 1.807) is 69.6 Å². The Balaban J connectivity index is 1.46. The van der Waals surface area contributed by atoms with Crippen molar-refractivity contribution in [3.05, 3.63) is 84.3 Å². The number of anilines is 5. The van der Waals surface area contributed by atoms with Gasteiger partial charge in [-0.15, -0.1) is 0 Å². The van der Waals surface area contributed by atoms with E-state index in [0.29, 0.717) is 34.7 Å². The molecular weight excluding hydrogens is 452 g/mol. The molecule has 4 aromatic rings. The second-order valence-corrected chi connectivity index (χ2v) is 9.15. The van der Waals surface area contributed by atoms with E-state index in [9.17, 15) is 8.42 Å². The molecule has 0 amide bonds. The number of rotatable bonds is 8. The Bertz CT molecular complexity index is 1390. The molecule has 0 aliphatic rings. The molecule has 2 heterocycles. The van der Waals surface area contributed by atoms with Crippen LogP contribution in [0, 0.1) is 13.8 Å². The predicted molar refractivity (Wildman–Crippen MR) is 133 cm³/mol. The SMILES string of the molecule is COc1ccc(S(=O)(=O)Nc2ccc(Nc3cc(Nc4ccccn4)nc(C)n3)cc2)cc1C. The summed E-state index contributed by atoms with van der Waals surface area (Å²) in [5, 5.41) is 6.36. The van der Waals surface area contributed by atoms with Crippen molar-refractivity contribution in [2.75, 3.05) is 22.5 Å². The van der Waals surface area contributed by atoms with Gasteiger partial charge in [-0.3, -0.25) is 4.72 Å². The summed E-state index contributed by atoms with van der Waals surface area (Å²) in [7, 11) is -2.19. The smallest absolute Gasteiger partial charge is 0.261 e. The maximum absolute atomic E-state index is 12.8. The number of hydrogen-bond acceptors (Lipinski definition) is 8. The van der Waals surface area contributed by atoms with Crippen molar-refractivity contribution in [3.8, 4) is 5.75 Å². The number of nitrogens with one attached hydrogen (secondary N) is 3. The highest BCUT2D eigenvalue weighted by Crippen LogP contribution is 2.25. The van der Waals surface area contributed by atoms with Crippen molar-refractivity contribution >= 4 is 38.9 Å². The quantitative estimate of drug-likeness (QED) is 0.332. The highest BCUT2D eigenvalue weighted by atomic mass is 32.2. The van der Waals surface area contributed by atoms with Gasteiger partial charge in [0.2, 0.25) is 0 Å². The zero-order valence-corrected chi connectivity index (χ0v) is 19.7. The number of nitrogens with zero attached hydrogens (tertiary/aromatic N) is 3. The molecule has 34 heavy (non-hydrogen) atoms. The van der Waals surface area contributed by atoms with Gasteiger partial charge in [0.25, 0.3) is 10.0 Å². The van der Waals surface area contributed by atoms with Crippen LogP contribution in [0.5, 0.6) is 5.75 Å². The van der Waals surface area contributed by atoms with E-state index in [1.165, 1.54) is 6.07 Å². The second-order valence-electron chi connectivity index (χ2n) is 7.46. The minimum atomic E-state index is -3.73. The molecule has 0 spiro atoms. The van der Waals surface area contributed by atoms with Crippen LogP contribution in [-0.4, -0.2) is 30.5 Å². The van der Waals surface area contributed by atoms with Crippen molar-refractivity contribution in [2.24, 2.45) is 0 Å². The number of benzene rings is 2. The Labute approximate surface area is 198 Å². The van der Waals surface area contributed by atoms with Gasteiger partial charge in [0.15, 0.2) is 0 Å². The van der Waals surface area contributed by atoms with Crippen molar-refractivity contribution in [2.45, 2.75) is 18.7 Å². The molecule has 2 aromatic carbocycles. The van der Waals surface area contributed by atoms with Crippen LogP contribution in [-0.2, 0) is 10.0 Å². The van der Waals surface area contributed by atoms with E-state index >= 15 is 0 Å². The molecule has 3 N–H and O–H groups in total. The Morgan fingerprint density at radius 1 is 0.794 bits per heavy atom. The van der Waals surface area contributed by atoms with Crippen LogP contribution in [0.15, 0.2) is 77.8 Å². The molecule has 0 saturated heterocycles. The minimum absolute atomic E-state index is 0.164. The van der Waals surface area contributed by atoms with Crippen LogP contribution in [0.25, 0.3) is 0 Å². The molecule has 2 aromatic heterocycles. The van der Waals surface area contributed by atoms with Gasteiger partial charge in [-0.2, -0.15) is 0 Å². The van der Waals surface area contributed by atoms with Gasteiger partial charge in [0.05, 0.1) is 12.0 Å². The van der Waals surface area contributed by atoms with E-state index in [1.807, 2.05) is 18.2 Å². The van der Waals surface area contributed by atoms with Crippen LogP contribution in [0.3, 0.4) is 0 Å². The maximum atomic E-state index is 12.8. The Kier molecular flexibility index (Phi) is 6.60. The standard InChI is InChI=1S/C24H24N6O3S/c1-16-14-20(11-12-21(16)33-3)34(31,32)30-19-9-7-18(8-10-19)28-23-15-24(27-17(2)26-23)29-22-6-4-5-13-25-22/h4-15,30H,1-3H3,(H2,25,26,27,28,29). The number of pyridine rings is 1. The summed E-state index contributed by atoms with van der Waals surface area (Å²) in [6, 6.07) is 18.9. The molecule has 0 unspecified atom stereocenters. The van der Waals surface area contributed by atoms with Gasteiger partial charge >= 0.3 is 0 Å². The molecule has 9 nitrogen and oxygen atoms in total. The van der Waals surface area contributed by atoms with Gasteiger partial charge in [0.1, 0.15) is 29.0 Å². The molecule has 0 atom stereocenters. The van der Waals surface area contributed by atoms with Gasteiger partial charge in [-0.05, 0) is 74.0 Å². The van der Waals surface area contributed by atoms with Gasteiger partial charge < -0.3 is 15.4 Å². The molecule has 0 radical (unpaired) electrons. The second kappa shape index (κ2) is 9.75. The first-order chi connectivity index (χ1) is 16.3. The lowest BCUT2D eigenvalue weighted by Crippen LogP contribution is -2.13. The largest absolute Gasteiger partial charge is 0.496 e. The van der Waals surface area contributed by atoms with Crippen LogP contribution in [0.1, 0.15) is 11.4 Å². The number of methoxy groups -OCH3 is 1. The van der Waals surface area contributed by atoms with Crippen molar-refractivity contribution in [1.29, 1.82) is 0 Å². The van der Waals surface area contributed by atoms with Crippen LogP contribution in [0.4, 0.5) is 28.8 Å². The summed E-state index contributed by atoms with van der Waals surface area (Å²) in [5.41, 5.74) is 1.92. The van der Waals surface area contributed by atoms with Crippen molar-refractivity contribution in [1.82, 2.24) is 15.0 Å². The average Bonchev–Trinajstić information content (AvgIpc) is 2.80. The number of aryl methyl sites for hydroxylation is 2. The highest BCUT2D eigenvalue weighted by Gasteiger charge is 2.16. The monoisotopic (exact) mass is 476 g/mol.